The summed E-state index contributed by atoms with van der Waals surface area (Å²) in [4.78, 5) is 7.46. The molecule has 6 heteroatoms. The number of ether oxygens (including phenoxy) is 1. The Bertz CT molecular complexity index is 552. The van der Waals surface area contributed by atoms with Crippen molar-refractivity contribution >= 4 is 16.5 Å². The van der Waals surface area contributed by atoms with Gasteiger partial charge in [0.05, 0.1) is 12.0 Å². The van der Waals surface area contributed by atoms with E-state index in [0.717, 1.165) is 22.1 Å². The van der Waals surface area contributed by atoms with Crippen LogP contribution in [0.2, 0.25) is 0 Å². The number of phenolic OH excluding ortho intramolecular Hbond substituents is 1. The van der Waals surface area contributed by atoms with Crippen LogP contribution in [0.15, 0.2) is 24.3 Å². The zero-order valence-electron chi connectivity index (χ0n) is 11.9. The number of nitrogens with one attached hydrogen (secondary N) is 1. The maximum absolute atomic E-state index is 9.23. The van der Waals surface area contributed by atoms with E-state index in [1.165, 1.54) is 0 Å². The molecule has 2 N–H and O–H groups in total. The number of phenols is 1. The standard InChI is InChI=1S/C14H19N3O2S/c1-17(2)14-16-13(19-3)12(20-14)9-15-8-10-4-6-11(18)7-5-10/h4-7,15,18H,8-9H2,1-3H3. The maximum Gasteiger partial charge on any atom is 0.230 e. The van der Waals surface area contributed by atoms with Crippen molar-refractivity contribution in [3.8, 4) is 11.6 Å². The molecule has 0 radical (unpaired) electrons. The molecular formula is C14H19N3O2S. The zero-order valence-corrected chi connectivity index (χ0v) is 12.7. The summed E-state index contributed by atoms with van der Waals surface area (Å²) in [6.07, 6.45) is 0. The Balaban J connectivity index is 1.95. The summed E-state index contributed by atoms with van der Waals surface area (Å²) in [6, 6.07) is 7.18. The summed E-state index contributed by atoms with van der Waals surface area (Å²) in [7, 11) is 5.57. The van der Waals surface area contributed by atoms with Crippen molar-refractivity contribution in [3.05, 3.63) is 34.7 Å². The van der Waals surface area contributed by atoms with Crippen LogP contribution in [0.5, 0.6) is 11.6 Å². The molecule has 2 aromatic rings. The number of methoxy groups -OCH3 is 1. The molecule has 0 spiro atoms. The molecule has 1 aromatic carbocycles. The first-order valence-corrected chi connectivity index (χ1v) is 7.11. The molecule has 1 heterocycles. The fraction of sp³-hybridized carbons (Fsp3) is 0.357. The van der Waals surface area contributed by atoms with Gasteiger partial charge in [-0.05, 0) is 17.7 Å². The predicted molar refractivity (Wildman–Crippen MR) is 81.6 cm³/mol. The lowest BCUT2D eigenvalue weighted by Crippen LogP contribution is -2.12. The van der Waals surface area contributed by atoms with Gasteiger partial charge in [0.1, 0.15) is 5.75 Å². The van der Waals surface area contributed by atoms with Gasteiger partial charge in [0.2, 0.25) is 5.88 Å². The third-order valence-electron chi connectivity index (χ3n) is 2.78. The summed E-state index contributed by atoms with van der Waals surface area (Å²) in [5.41, 5.74) is 1.12. The second kappa shape index (κ2) is 6.58. The smallest absolute Gasteiger partial charge is 0.230 e. The predicted octanol–water partition coefficient (Wildman–Crippen LogP) is 2.21. The molecule has 2 rings (SSSR count). The third kappa shape index (κ3) is 3.61. The van der Waals surface area contributed by atoms with Crippen molar-refractivity contribution in [1.29, 1.82) is 0 Å². The lowest BCUT2D eigenvalue weighted by Gasteiger charge is -2.05. The highest BCUT2D eigenvalue weighted by Gasteiger charge is 2.12. The van der Waals surface area contributed by atoms with Gasteiger partial charge in [-0.1, -0.05) is 23.5 Å². The number of nitrogens with zero attached hydrogens (tertiary/aromatic N) is 2. The summed E-state index contributed by atoms with van der Waals surface area (Å²) < 4.78 is 5.29. The molecular weight excluding hydrogens is 274 g/mol. The molecule has 5 nitrogen and oxygen atoms in total. The van der Waals surface area contributed by atoms with Gasteiger partial charge in [-0.2, -0.15) is 4.98 Å². The second-order valence-electron chi connectivity index (χ2n) is 4.59. The largest absolute Gasteiger partial charge is 0.508 e. The zero-order chi connectivity index (χ0) is 14.5. The van der Waals surface area contributed by atoms with Gasteiger partial charge >= 0.3 is 0 Å². The number of anilines is 1. The summed E-state index contributed by atoms with van der Waals surface area (Å²) in [5, 5.41) is 13.5. The lowest BCUT2D eigenvalue weighted by atomic mass is 10.2. The molecule has 108 valence electrons. The van der Waals surface area contributed by atoms with Crippen LogP contribution in [0.3, 0.4) is 0 Å². The van der Waals surface area contributed by atoms with Crippen molar-refractivity contribution in [3.63, 3.8) is 0 Å². The number of hydrogen-bond acceptors (Lipinski definition) is 6. The normalized spacial score (nSPS) is 10.6. The molecule has 1 aromatic heterocycles. The van der Waals surface area contributed by atoms with Crippen LogP contribution in [-0.2, 0) is 13.1 Å². The Labute approximate surface area is 122 Å². The number of rotatable bonds is 6. The van der Waals surface area contributed by atoms with E-state index in [9.17, 15) is 5.11 Å². The molecule has 0 aliphatic carbocycles. The Morgan fingerprint density at radius 3 is 2.55 bits per heavy atom. The average molecular weight is 293 g/mol. The Morgan fingerprint density at radius 1 is 1.25 bits per heavy atom. The van der Waals surface area contributed by atoms with Crippen LogP contribution in [0.4, 0.5) is 5.13 Å². The quantitative estimate of drug-likeness (QED) is 0.855. The summed E-state index contributed by atoms with van der Waals surface area (Å²) >= 11 is 1.62. The molecule has 20 heavy (non-hydrogen) atoms. The molecule has 0 atom stereocenters. The fourth-order valence-electron chi connectivity index (χ4n) is 1.72. The van der Waals surface area contributed by atoms with E-state index in [1.807, 2.05) is 31.1 Å². The highest BCUT2D eigenvalue weighted by Crippen LogP contribution is 2.30. The molecule has 0 aliphatic rings. The van der Waals surface area contributed by atoms with Crippen molar-refractivity contribution in [2.45, 2.75) is 13.1 Å². The first kappa shape index (κ1) is 14.6. The number of hydrogen-bond donors (Lipinski definition) is 2. The van der Waals surface area contributed by atoms with Crippen LogP contribution in [0.25, 0.3) is 0 Å². The van der Waals surface area contributed by atoms with Gasteiger partial charge in [0, 0.05) is 27.2 Å². The molecule has 0 unspecified atom stereocenters. The van der Waals surface area contributed by atoms with Crippen LogP contribution in [-0.4, -0.2) is 31.3 Å². The van der Waals surface area contributed by atoms with E-state index >= 15 is 0 Å². The minimum atomic E-state index is 0.286. The monoisotopic (exact) mass is 293 g/mol. The molecule has 0 aliphatic heterocycles. The van der Waals surface area contributed by atoms with Crippen molar-refractivity contribution < 1.29 is 9.84 Å². The topological polar surface area (TPSA) is 57.6 Å². The van der Waals surface area contributed by atoms with Gasteiger partial charge in [0.25, 0.3) is 0 Å². The lowest BCUT2D eigenvalue weighted by molar-refractivity contribution is 0.394. The molecule has 0 saturated heterocycles. The van der Waals surface area contributed by atoms with Gasteiger partial charge in [-0.25, -0.2) is 0 Å². The molecule has 0 fully saturated rings. The van der Waals surface area contributed by atoms with Gasteiger partial charge < -0.3 is 20.1 Å². The van der Waals surface area contributed by atoms with E-state index in [2.05, 4.69) is 10.3 Å². The van der Waals surface area contributed by atoms with E-state index in [4.69, 9.17) is 4.74 Å². The van der Waals surface area contributed by atoms with Gasteiger partial charge in [-0.15, -0.1) is 0 Å². The van der Waals surface area contributed by atoms with Crippen molar-refractivity contribution in [2.24, 2.45) is 0 Å². The van der Waals surface area contributed by atoms with Gasteiger partial charge in [-0.3, -0.25) is 0 Å². The van der Waals surface area contributed by atoms with Gasteiger partial charge in [0.15, 0.2) is 5.13 Å². The van der Waals surface area contributed by atoms with E-state index in [-0.39, 0.29) is 5.75 Å². The number of aromatic nitrogens is 1. The number of aromatic hydroxyl groups is 1. The Kier molecular flexibility index (Phi) is 4.81. The van der Waals surface area contributed by atoms with Crippen LogP contribution in [0, 0.1) is 0 Å². The van der Waals surface area contributed by atoms with E-state index in [1.54, 1.807) is 30.6 Å². The van der Waals surface area contributed by atoms with Crippen LogP contribution < -0.4 is 15.0 Å². The first-order chi connectivity index (χ1) is 9.60. The van der Waals surface area contributed by atoms with E-state index in [0.29, 0.717) is 12.4 Å². The van der Waals surface area contributed by atoms with Crippen LogP contribution >= 0.6 is 11.3 Å². The fourth-order valence-corrected chi connectivity index (χ4v) is 2.64. The average Bonchev–Trinajstić information content (AvgIpc) is 2.84. The summed E-state index contributed by atoms with van der Waals surface area (Å²) in [6.45, 7) is 1.44. The minimum absolute atomic E-state index is 0.286. The number of benzene rings is 1. The SMILES string of the molecule is COc1nc(N(C)C)sc1CNCc1ccc(O)cc1. The Morgan fingerprint density at radius 2 is 1.95 bits per heavy atom. The molecule has 0 saturated carbocycles. The minimum Gasteiger partial charge on any atom is -0.508 e. The van der Waals surface area contributed by atoms with Crippen molar-refractivity contribution in [2.75, 3.05) is 26.1 Å². The highest BCUT2D eigenvalue weighted by molar-refractivity contribution is 7.15. The maximum atomic E-state index is 9.23. The third-order valence-corrected chi connectivity index (χ3v) is 3.98. The second-order valence-corrected chi connectivity index (χ2v) is 5.66. The van der Waals surface area contributed by atoms with Crippen molar-refractivity contribution in [1.82, 2.24) is 10.3 Å². The van der Waals surface area contributed by atoms with E-state index < -0.39 is 0 Å². The Hall–Kier alpha value is -1.79. The molecule has 0 bridgehead atoms. The molecule has 0 amide bonds. The summed E-state index contributed by atoms with van der Waals surface area (Å²) in [5.74, 6) is 0.963. The first-order valence-electron chi connectivity index (χ1n) is 6.30. The number of thiazole rings is 1. The highest BCUT2D eigenvalue weighted by atomic mass is 32.1. The van der Waals surface area contributed by atoms with Crippen LogP contribution in [0.1, 0.15) is 10.4 Å².